The maximum absolute atomic E-state index is 13.5. The van der Waals surface area contributed by atoms with E-state index in [1.54, 1.807) is 6.08 Å². The summed E-state index contributed by atoms with van der Waals surface area (Å²) in [6.07, 6.45) is 54.7. The van der Waals surface area contributed by atoms with E-state index in [0.717, 1.165) is 77.0 Å². The fraction of sp³-hybridized carbons (Fsp3) is 0.841. The van der Waals surface area contributed by atoms with Crippen LogP contribution in [-0.4, -0.2) is 193 Å². The molecule has 588 valence electrons. The number of aliphatic hydroxyl groups is 11. The molecule has 3 saturated heterocycles. The molecule has 1 amide bonds. The molecule has 0 saturated carbocycles. The molecule has 3 aliphatic heterocycles. The summed E-state index contributed by atoms with van der Waals surface area (Å²) in [6, 6.07) is -0.997. The van der Waals surface area contributed by atoms with Crippen molar-refractivity contribution in [3.8, 4) is 0 Å². The van der Waals surface area contributed by atoms with E-state index in [-0.39, 0.29) is 18.9 Å². The molecule has 19 nitrogen and oxygen atoms in total. The number of aliphatic hydroxyl groups excluding tert-OH is 11. The molecule has 3 rings (SSSR count). The van der Waals surface area contributed by atoms with Crippen molar-refractivity contribution in [2.75, 3.05) is 26.4 Å². The quantitative estimate of drug-likeness (QED) is 0.0199. The van der Waals surface area contributed by atoms with Gasteiger partial charge in [-0.3, -0.25) is 4.79 Å². The highest BCUT2D eigenvalue weighted by Gasteiger charge is 2.54. The molecule has 0 aromatic carbocycles. The standard InChI is InChI=1S/C82H147NO18/c1-3-5-7-9-11-13-15-17-19-21-23-25-27-29-30-31-32-33-34-36-37-39-41-43-45-47-49-51-53-55-57-59-66(87)65(83-70(88)60-58-56-54-52-50-48-46-44-42-40-38-35-28-26-24-22-20-18-16-14-12-10-8-6-4-2)64-96-80-76(94)73(91)78(68(62-85)98-80)101-82-77(95)74(92)79(69(63-86)99-82)100-81-75(93)72(90)71(89)67(61-84)97-81/h6,8,12,14,18,20,24,26,49,51,57,59,65-69,71-82,84-87,89-95H,3-5,7,9-11,13,15-17,19,21-23,25,27-48,50,52-56,58,60-64H2,1-2H3,(H,83,88)/b8-6-,14-12-,20-18-,26-24-,51-49+,59-57+. The SMILES string of the molecule is CC/C=C\C/C=C\C/C=C\C/C=C\CCCCCCCCCCCCCCC(=O)NC(COC1OC(CO)C(OC2OC(CO)C(OC3OC(CO)C(O)C(O)C3O)C(O)C2O)C(O)C1O)C(O)/C=C/CC/C=C/CCCCCCCCCCCCCCCCCCCCCCCCCCC. The van der Waals surface area contributed by atoms with Gasteiger partial charge in [-0.1, -0.05) is 305 Å². The van der Waals surface area contributed by atoms with Crippen molar-refractivity contribution in [1.29, 1.82) is 0 Å². The first-order valence-electron chi connectivity index (χ1n) is 40.7. The second-order valence-electron chi connectivity index (χ2n) is 28.8. The first kappa shape index (κ1) is 92.4. The predicted octanol–water partition coefficient (Wildman–Crippen LogP) is 13.6. The zero-order valence-electron chi connectivity index (χ0n) is 62.9. The normalized spacial score (nSPS) is 26.7. The summed E-state index contributed by atoms with van der Waals surface area (Å²) in [6.45, 7) is 1.64. The Kier molecular flexibility index (Phi) is 57.0. The van der Waals surface area contributed by atoms with E-state index in [2.05, 4.69) is 79.9 Å². The zero-order valence-corrected chi connectivity index (χ0v) is 62.9. The Morgan fingerprint density at radius 2 is 0.693 bits per heavy atom. The first-order valence-corrected chi connectivity index (χ1v) is 40.7. The van der Waals surface area contributed by atoms with Gasteiger partial charge in [-0.15, -0.1) is 0 Å². The number of unbranched alkanes of at least 4 members (excludes halogenated alkanes) is 38. The van der Waals surface area contributed by atoms with Crippen LogP contribution in [0.15, 0.2) is 72.9 Å². The van der Waals surface area contributed by atoms with Gasteiger partial charge in [-0.05, 0) is 70.6 Å². The average Bonchev–Trinajstić information content (AvgIpc) is 0.782. The molecular weight excluding hydrogens is 1290 g/mol. The van der Waals surface area contributed by atoms with Crippen molar-refractivity contribution in [2.24, 2.45) is 0 Å². The second-order valence-corrected chi connectivity index (χ2v) is 28.8. The summed E-state index contributed by atoms with van der Waals surface area (Å²) in [5.74, 6) is -0.287. The number of allylic oxidation sites excluding steroid dienone is 11. The molecule has 12 N–H and O–H groups in total. The minimum atomic E-state index is -1.98. The lowest BCUT2D eigenvalue weighted by molar-refractivity contribution is -0.379. The molecule has 0 spiro atoms. The molecule has 19 heteroatoms. The van der Waals surface area contributed by atoms with Gasteiger partial charge in [0.1, 0.15) is 73.2 Å². The number of hydrogen-bond acceptors (Lipinski definition) is 18. The molecule has 3 aliphatic rings. The highest BCUT2D eigenvalue weighted by molar-refractivity contribution is 5.76. The number of amides is 1. The number of carbonyl (C=O) groups excluding carboxylic acids is 1. The smallest absolute Gasteiger partial charge is 0.220 e. The number of ether oxygens (including phenoxy) is 6. The van der Waals surface area contributed by atoms with Gasteiger partial charge in [-0.25, -0.2) is 0 Å². The van der Waals surface area contributed by atoms with Crippen LogP contribution in [0.3, 0.4) is 0 Å². The third-order valence-electron chi connectivity index (χ3n) is 20.0. The highest BCUT2D eigenvalue weighted by atomic mass is 16.8. The summed E-state index contributed by atoms with van der Waals surface area (Å²) in [5.41, 5.74) is 0. The number of rotatable bonds is 64. The van der Waals surface area contributed by atoms with Crippen molar-refractivity contribution < 1.29 is 89.4 Å². The third-order valence-corrected chi connectivity index (χ3v) is 20.0. The molecule has 0 aromatic rings. The van der Waals surface area contributed by atoms with Crippen LogP contribution < -0.4 is 5.32 Å². The van der Waals surface area contributed by atoms with Gasteiger partial charge in [-0.2, -0.15) is 0 Å². The topological polar surface area (TPSA) is 307 Å². The van der Waals surface area contributed by atoms with Crippen LogP contribution in [0.25, 0.3) is 0 Å². The van der Waals surface area contributed by atoms with Crippen LogP contribution in [0.4, 0.5) is 0 Å². The maximum atomic E-state index is 13.5. The monoisotopic (exact) mass is 1430 g/mol. The Morgan fingerprint density at radius 1 is 0.366 bits per heavy atom. The Balaban J connectivity index is 1.38. The molecule has 101 heavy (non-hydrogen) atoms. The molecular formula is C82H147NO18. The van der Waals surface area contributed by atoms with Gasteiger partial charge in [0.05, 0.1) is 38.6 Å². The fourth-order valence-electron chi connectivity index (χ4n) is 13.5. The molecule has 3 heterocycles. The Labute approximate surface area is 610 Å². The summed E-state index contributed by atoms with van der Waals surface area (Å²) in [4.78, 5) is 13.5. The molecule has 3 fully saturated rings. The van der Waals surface area contributed by atoms with Gasteiger partial charge in [0.2, 0.25) is 5.91 Å². The number of carbonyl (C=O) groups is 1. The zero-order chi connectivity index (χ0) is 73.2. The van der Waals surface area contributed by atoms with E-state index in [4.69, 9.17) is 28.4 Å². The van der Waals surface area contributed by atoms with Crippen LogP contribution in [0.2, 0.25) is 0 Å². The highest BCUT2D eigenvalue weighted by Crippen LogP contribution is 2.33. The van der Waals surface area contributed by atoms with Crippen LogP contribution in [0, 0.1) is 0 Å². The molecule has 0 aliphatic carbocycles. The van der Waals surface area contributed by atoms with Crippen molar-refractivity contribution in [1.82, 2.24) is 5.32 Å². The lowest BCUT2D eigenvalue weighted by Crippen LogP contribution is -2.66. The molecule has 0 bridgehead atoms. The van der Waals surface area contributed by atoms with Gasteiger partial charge >= 0.3 is 0 Å². The van der Waals surface area contributed by atoms with Crippen molar-refractivity contribution in [3.63, 3.8) is 0 Å². The lowest BCUT2D eigenvalue weighted by atomic mass is 9.96. The Morgan fingerprint density at radius 3 is 1.11 bits per heavy atom. The molecule has 0 aromatic heterocycles. The van der Waals surface area contributed by atoms with E-state index < -0.39 is 124 Å². The second kappa shape index (κ2) is 62.3. The van der Waals surface area contributed by atoms with Crippen LogP contribution in [0.5, 0.6) is 0 Å². The van der Waals surface area contributed by atoms with E-state index in [1.165, 1.54) is 199 Å². The largest absolute Gasteiger partial charge is 0.394 e. The predicted molar refractivity (Wildman–Crippen MR) is 401 cm³/mol. The number of hydrogen-bond donors (Lipinski definition) is 12. The van der Waals surface area contributed by atoms with E-state index >= 15 is 0 Å². The summed E-state index contributed by atoms with van der Waals surface area (Å²) >= 11 is 0. The Bertz CT molecular complexity index is 2110. The third kappa shape index (κ3) is 42.4. The van der Waals surface area contributed by atoms with E-state index in [0.29, 0.717) is 12.8 Å². The fourth-order valence-corrected chi connectivity index (χ4v) is 13.5. The summed E-state index contributed by atoms with van der Waals surface area (Å²) in [7, 11) is 0. The van der Waals surface area contributed by atoms with Crippen molar-refractivity contribution >= 4 is 5.91 Å². The minimum absolute atomic E-state index is 0.230. The van der Waals surface area contributed by atoms with E-state index in [1.807, 2.05) is 6.08 Å². The van der Waals surface area contributed by atoms with Crippen molar-refractivity contribution in [3.05, 3.63) is 72.9 Å². The van der Waals surface area contributed by atoms with Crippen LogP contribution >= 0.6 is 0 Å². The first-order chi connectivity index (χ1) is 49.3. The maximum Gasteiger partial charge on any atom is 0.220 e. The van der Waals surface area contributed by atoms with E-state index in [9.17, 15) is 61.0 Å². The van der Waals surface area contributed by atoms with Gasteiger partial charge < -0.3 is 89.9 Å². The van der Waals surface area contributed by atoms with Crippen LogP contribution in [-0.2, 0) is 33.2 Å². The lowest BCUT2D eigenvalue weighted by Gasteiger charge is -2.48. The van der Waals surface area contributed by atoms with Gasteiger partial charge in [0, 0.05) is 6.42 Å². The molecule has 0 radical (unpaired) electrons. The van der Waals surface area contributed by atoms with Gasteiger partial charge in [0.25, 0.3) is 0 Å². The molecule has 17 unspecified atom stereocenters. The summed E-state index contributed by atoms with van der Waals surface area (Å²) in [5, 5.41) is 121. The average molecular weight is 1440 g/mol. The number of nitrogens with one attached hydrogen (secondary N) is 1. The minimum Gasteiger partial charge on any atom is -0.394 e. The Hall–Kier alpha value is -2.77. The summed E-state index contributed by atoms with van der Waals surface area (Å²) < 4.78 is 34.4. The molecule has 17 atom stereocenters. The van der Waals surface area contributed by atoms with Gasteiger partial charge in [0.15, 0.2) is 18.9 Å². The van der Waals surface area contributed by atoms with Crippen LogP contribution in [0.1, 0.15) is 309 Å². The van der Waals surface area contributed by atoms with Crippen molar-refractivity contribution in [2.45, 2.75) is 413 Å².